The monoisotopic (exact) mass is 391 g/mol. The Morgan fingerprint density at radius 3 is 2.25 bits per heavy atom. The lowest BCUT2D eigenvalue weighted by Gasteiger charge is -2.21. The molecule has 2 N–H and O–H groups in total. The van der Waals surface area contributed by atoms with E-state index in [-0.39, 0.29) is 18.4 Å². The third-order valence-corrected chi connectivity index (χ3v) is 3.54. The average molecular weight is 391 g/mol. The van der Waals surface area contributed by atoms with Gasteiger partial charge in [-0.15, -0.1) is 0 Å². The number of hydrogen-bond donors (Lipinski definition) is 2. The molecule has 7 heteroatoms. The van der Waals surface area contributed by atoms with Gasteiger partial charge in [0, 0.05) is 12.6 Å². The minimum Gasteiger partial charge on any atom is -0.463 e. The first-order chi connectivity index (χ1) is 13.1. The minimum absolute atomic E-state index is 0.0876. The first-order valence-electron chi connectivity index (χ1n) is 9.23. The molecular formula is C21H29NO6. The van der Waals surface area contributed by atoms with Crippen LogP contribution in [0.25, 0.3) is 6.08 Å². The Morgan fingerprint density at radius 2 is 1.68 bits per heavy atom. The molecule has 0 aliphatic carbocycles. The van der Waals surface area contributed by atoms with Gasteiger partial charge in [0.15, 0.2) is 6.10 Å². The first-order valence-corrected chi connectivity index (χ1v) is 9.23. The third-order valence-electron chi connectivity index (χ3n) is 3.54. The zero-order valence-corrected chi connectivity index (χ0v) is 17.0. The van der Waals surface area contributed by atoms with Gasteiger partial charge in [-0.2, -0.15) is 0 Å². The summed E-state index contributed by atoms with van der Waals surface area (Å²) in [5.74, 6) is -2.78. The maximum absolute atomic E-state index is 12.3. The van der Waals surface area contributed by atoms with Gasteiger partial charge >= 0.3 is 11.9 Å². The number of ether oxygens (including phenoxy) is 2. The molecule has 154 valence electrons. The van der Waals surface area contributed by atoms with Gasteiger partial charge in [-0.05, 0) is 51.8 Å². The molecule has 0 bridgehead atoms. The molecule has 1 aromatic carbocycles. The Bertz CT molecular complexity index is 711. The van der Waals surface area contributed by atoms with Gasteiger partial charge in [0.05, 0.1) is 18.1 Å². The molecule has 0 heterocycles. The van der Waals surface area contributed by atoms with E-state index in [2.05, 4.69) is 5.32 Å². The second-order valence-electron chi connectivity index (χ2n) is 6.97. The van der Waals surface area contributed by atoms with Gasteiger partial charge in [-0.25, -0.2) is 4.79 Å². The maximum atomic E-state index is 12.3. The van der Waals surface area contributed by atoms with Crippen LogP contribution in [0.15, 0.2) is 30.3 Å². The van der Waals surface area contributed by atoms with Gasteiger partial charge in [-0.3, -0.25) is 9.59 Å². The minimum atomic E-state index is -1.62. The molecule has 7 nitrogen and oxygen atoms in total. The first kappa shape index (κ1) is 23.4. The van der Waals surface area contributed by atoms with E-state index in [4.69, 9.17) is 9.47 Å². The summed E-state index contributed by atoms with van der Waals surface area (Å²) in [4.78, 5) is 35.5. The lowest BCUT2D eigenvalue weighted by molar-refractivity contribution is -0.170. The summed E-state index contributed by atoms with van der Waals surface area (Å²) in [5, 5.41) is 13.0. The topological polar surface area (TPSA) is 102 Å². The Balaban J connectivity index is 2.91. The van der Waals surface area contributed by atoms with E-state index in [1.54, 1.807) is 58.0 Å². The largest absolute Gasteiger partial charge is 0.463 e. The lowest BCUT2D eigenvalue weighted by atomic mass is 9.97. The fraction of sp³-hybridized carbons (Fsp3) is 0.476. The number of aliphatic hydroxyl groups is 1. The zero-order chi connectivity index (χ0) is 21.3. The van der Waals surface area contributed by atoms with Crippen molar-refractivity contribution in [3.63, 3.8) is 0 Å². The second-order valence-corrected chi connectivity index (χ2v) is 6.97. The SMILES string of the molecule is CC(=O)Nc1cccc(/C=C/C[C@@H](C(=O)OC(C)C)[C@H](O)C(=O)OC(C)C)c1. The molecule has 1 rings (SSSR count). The van der Waals surface area contributed by atoms with E-state index in [9.17, 15) is 19.5 Å². The summed E-state index contributed by atoms with van der Waals surface area (Å²) in [6.45, 7) is 8.13. The number of carbonyl (C=O) groups excluding carboxylic acids is 3. The predicted octanol–water partition coefficient (Wildman–Crippen LogP) is 2.93. The van der Waals surface area contributed by atoms with E-state index in [0.29, 0.717) is 5.69 Å². The van der Waals surface area contributed by atoms with E-state index < -0.39 is 30.1 Å². The molecule has 0 aromatic heterocycles. The number of rotatable bonds is 9. The van der Waals surface area contributed by atoms with Crippen molar-refractivity contribution in [1.82, 2.24) is 0 Å². The van der Waals surface area contributed by atoms with Crippen molar-refractivity contribution in [2.24, 2.45) is 5.92 Å². The van der Waals surface area contributed by atoms with Crippen LogP contribution in [0.4, 0.5) is 5.69 Å². The number of carbonyl (C=O) groups is 3. The summed E-state index contributed by atoms with van der Waals surface area (Å²) in [6.07, 6.45) is 1.10. The van der Waals surface area contributed by atoms with Crippen LogP contribution in [0.5, 0.6) is 0 Å². The van der Waals surface area contributed by atoms with Crippen molar-refractivity contribution in [3.8, 4) is 0 Å². The number of anilines is 1. The van der Waals surface area contributed by atoms with Gasteiger partial charge in [0.2, 0.25) is 5.91 Å². The molecule has 0 aliphatic heterocycles. The van der Waals surface area contributed by atoms with Gasteiger partial charge in [-0.1, -0.05) is 24.3 Å². The summed E-state index contributed by atoms with van der Waals surface area (Å²) in [6, 6.07) is 7.13. The molecule has 0 spiro atoms. The molecule has 28 heavy (non-hydrogen) atoms. The van der Waals surface area contributed by atoms with E-state index in [0.717, 1.165) is 5.56 Å². The van der Waals surface area contributed by atoms with Crippen LogP contribution >= 0.6 is 0 Å². The fourth-order valence-corrected chi connectivity index (χ4v) is 2.41. The number of aliphatic hydroxyl groups excluding tert-OH is 1. The Kier molecular flexibility index (Phi) is 9.38. The van der Waals surface area contributed by atoms with Crippen molar-refractivity contribution in [2.75, 3.05) is 5.32 Å². The third kappa shape index (κ3) is 8.35. The smallest absolute Gasteiger partial charge is 0.336 e. The van der Waals surface area contributed by atoms with E-state index >= 15 is 0 Å². The standard InChI is InChI=1S/C21H29NO6/c1-13(2)27-20(25)18(19(24)21(26)28-14(3)4)11-7-9-16-8-6-10-17(12-16)22-15(5)23/h6-10,12-14,18-19,24H,11H2,1-5H3,(H,22,23)/b9-7+/t18-,19+/m1/s1. The van der Waals surface area contributed by atoms with Crippen molar-refractivity contribution >= 4 is 29.6 Å². The van der Waals surface area contributed by atoms with Crippen molar-refractivity contribution in [3.05, 3.63) is 35.9 Å². The van der Waals surface area contributed by atoms with Crippen molar-refractivity contribution in [1.29, 1.82) is 0 Å². The van der Waals surface area contributed by atoms with E-state index in [1.807, 2.05) is 6.07 Å². The fourth-order valence-electron chi connectivity index (χ4n) is 2.41. The number of esters is 2. The second kappa shape index (κ2) is 11.2. The van der Waals surface area contributed by atoms with Crippen molar-refractivity contribution in [2.45, 2.75) is 59.4 Å². The molecule has 0 saturated heterocycles. The quantitative estimate of drug-likeness (QED) is 0.628. The van der Waals surface area contributed by atoms with Crippen LogP contribution in [-0.4, -0.2) is 41.3 Å². The predicted molar refractivity (Wildman–Crippen MR) is 106 cm³/mol. The van der Waals surface area contributed by atoms with Crippen LogP contribution in [0.2, 0.25) is 0 Å². The highest BCUT2D eigenvalue weighted by Gasteiger charge is 2.34. The Hall–Kier alpha value is -2.67. The Labute approximate surface area is 165 Å². The molecule has 2 atom stereocenters. The molecule has 0 radical (unpaired) electrons. The van der Waals surface area contributed by atoms with E-state index in [1.165, 1.54) is 6.92 Å². The maximum Gasteiger partial charge on any atom is 0.336 e. The molecule has 0 aliphatic rings. The number of hydrogen-bond acceptors (Lipinski definition) is 6. The number of nitrogens with one attached hydrogen (secondary N) is 1. The Morgan fingerprint density at radius 1 is 1.07 bits per heavy atom. The molecule has 1 amide bonds. The molecule has 1 aromatic rings. The average Bonchev–Trinajstić information content (AvgIpc) is 2.56. The summed E-state index contributed by atoms with van der Waals surface area (Å²) < 4.78 is 10.2. The zero-order valence-electron chi connectivity index (χ0n) is 17.0. The summed E-state index contributed by atoms with van der Waals surface area (Å²) in [5.41, 5.74) is 1.44. The highest BCUT2D eigenvalue weighted by molar-refractivity contribution is 5.89. The van der Waals surface area contributed by atoms with Crippen LogP contribution < -0.4 is 5.32 Å². The highest BCUT2D eigenvalue weighted by atomic mass is 16.6. The lowest BCUT2D eigenvalue weighted by Crippen LogP contribution is -2.38. The molecule has 0 fully saturated rings. The molecule has 0 saturated carbocycles. The molecular weight excluding hydrogens is 362 g/mol. The van der Waals surface area contributed by atoms with Crippen molar-refractivity contribution < 1.29 is 29.0 Å². The van der Waals surface area contributed by atoms with Gasteiger partial charge in [0.25, 0.3) is 0 Å². The number of amides is 1. The van der Waals surface area contributed by atoms with Crippen LogP contribution in [0.1, 0.15) is 46.6 Å². The highest BCUT2D eigenvalue weighted by Crippen LogP contribution is 2.18. The van der Waals surface area contributed by atoms with Crippen LogP contribution in [0.3, 0.4) is 0 Å². The normalized spacial score (nSPS) is 13.4. The summed E-state index contributed by atoms with van der Waals surface area (Å²) >= 11 is 0. The number of benzene rings is 1. The van der Waals surface area contributed by atoms with Crippen LogP contribution in [0, 0.1) is 5.92 Å². The van der Waals surface area contributed by atoms with Gasteiger partial charge in [0.1, 0.15) is 0 Å². The van der Waals surface area contributed by atoms with Gasteiger partial charge < -0.3 is 19.9 Å². The summed E-state index contributed by atoms with van der Waals surface area (Å²) in [7, 11) is 0. The van der Waals surface area contributed by atoms with Crippen LogP contribution in [-0.2, 0) is 23.9 Å². The number of allylic oxidation sites excluding steroid dienone is 1. The molecule has 0 unspecified atom stereocenters.